The molecule has 0 spiro atoms. The highest BCUT2D eigenvalue weighted by atomic mass is 32.2. The molecule has 2 N–H and O–H groups in total. The number of alkyl carbamates (subject to hydrolysis) is 1. The van der Waals surface area contributed by atoms with Gasteiger partial charge >= 0.3 is 12.3 Å². The van der Waals surface area contributed by atoms with Crippen LogP contribution >= 0.6 is 11.9 Å². The summed E-state index contributed by atoms with van der Waals surface area (Å²) in [6.45, 7) is 4.88. The molecular formula is C30H31F3N4O3S. The zero-order valence-corrected chi connectivity index (χ0v) is 24.1. The average Bonchev–Trinajstić information content (AvgIpc) is 2.89. The van der Waals surface area contributed by atoms with Crippen LogP contribution in [0.4, 0.5) is 29.3 Å². The smallest absolute Gasteiger partial charge is 0.433 e. The summed E-state index contributed by atoms with van der Waals surface area (Å²) in [5, 5.41) is 4.67. The van der Waals surface area contributed by atoms with E-state index < -0.39 is 23.6 Å². The Kier molecular flexibility index (Phi) is 8.86. The third kappa shape index (κ3) is 8.20. The number of carbonyl (C=O) groups is 1. The molecule has 0 bridgehead atoms. The minimum Gasteiger partial charge on any atom is -0.444 e. The van der Waals surface area contributed by atoms with Gasteiger partial charge in [0.2, 0.25) is 5.88 Å². The number of hydrogen-bond acceptors (Lipinski definition) is 7. The number of nitrogens with zero attached hydrogens (tertiary/aromatic N) is 2. The first-order valence-corrected chi connectivity index (χ1v) is 13.5. The standard InChI is InChI=1S/C30H31F3N4O3S/c1-29(2,3)40-28(38)34-18-19-15-26(30(31,32)33)35-27(16-19)39-21-10-6-9-20(17-21)36-41-25-14-8-11-22-23(25)12-7-13-24(22)37(4)5/h6-17,36H,18H2,1-5H3,(H,34,38). The molecule has 4 aromatic rings. The second kappa shape index (κ2) is 12.2. The molecule has 1 amide bonds. The number of ether oxygens (including phenoxy) is 2. The van der Waals surface area contributed by atoms with E-state index >= 15 is 0 Å². The van der Waals surface area contributed by atoms with Crippen molar-refractivity contribution in [3.05, 3.63) is 84.1 Å². The third-order valence-electron chi connectivity index (χ3n) is 5.66. The lowest BCUT2D eigenvalue weighted by Gasteiger charge is -2.20. The summed E-state index contributed by atoms with van der Waals surface area (Å²) in [4.78, 5) is 18.7. The van der Waals surface area contributed by atoms with Gasteiger partial charge in [-0.05, 0) is 74.0 Å². The lowest BCUT2D eigenvalue weighted by molar-refractivity contribution is -0.141. The van der Waals surface area contributed by atoms with Crippen LogP contribution in [0.2, 0.25) is 0 Å². The Bertz CT molecular complexity index is 1540. The minimum atomic E-state index is -4.70. The SMILES string of the molecule is CN(C)c1cccc2c(SNc3cccc(Oc4cc(CNC(=O)OC(C)(C)C)cc(C(F)(F)F)n4)c3)cccc12. The van der Waals surface area contributed by atoms with Crippen LogP contribution in [-0.2, 0) is 17.5 Å². The molecule has 41 heavy (non-hydrogen) atoms. The number of pyridine rings is 1. The first-order chi connectivity index (χ1) is 19.3. The molecule has 0 unspecified atom stereocenters. The Morgan fingerprint density at radius 3 is 2.37 bits per heavy atom. The number of nitrogens with one attached hydrogen (secondary N) is 2. The summed E-state index contributed by atoms with van der Waals surface area (Å²) < 4.78 is 54.9. The summed E-state index contributed by atoms with van der Waals surface area (Å²) in [5.41, 5.74) is 0.0787. The Morgan fingerprint density at radius 1 is 0.951 bits per heavy atom. The van der Waals surface area contributed by atoms with Crippen molar-refractivity contribution in [2.24, 2.45) is 0 Å². The van der Waals surface area contributed by atoms with Gasteiger partial charge in [0, 0.05) is 54.4 Å². The lowest BCUT2D eigenvalue weighted by atomic mass is 10.1. The van der Waals surface area contributed by atoms with E-state index in [2.05, 4.69) is 38.1 Å². The van der Waals surface area contributed by atoms with E-state index in [0.717, 1.165) is 27.4 Å². The Hall–Kier alpha value is -4.12. The van der Waals surface area contributed by atoms with Crippen LogP contribution in [0.3, 0.4) is 0 Å². The molecule has 216 valence electrons. The number of anilines is 2. The number of alkyl halides is 3. The molecule has 0 radical (unpaired) electrons. The molecule has 0 fully saturated rings. The molecule has 4 rings (SSSR count). The highest BCUT2D eigenvalue weighted by Crippen LogP contribution is 2.35. The van der Waals surface area contributed by atoms with Crippen LogP contribution in [-0.4, -0.2) is 30.8 Å². The van der Waals surface area contributed by atoms with Crippen molar-refractivity contribution in [1.29, 1.82) is 0 Å². The number of halogens is 3. The molecule has 0 aliphatic rings. The van der Waals surface area contributed by atoms with Crippen molar-refractivity contribution in [1.82, 2.24) is 10.3 Å². The van der Waals surface area contributed by atoms with E-state index in [1.807, 2.05) is 38.4 Å². The van der Waals surface area contributed by atoms with Crippen LogP contribution in [0.25, 0.3) is 10.8 Å². The van der Waals surface area contributed by atoms with Gasteiger partial charge in [0.25, 0.3) is 0 Å². The van der Waals surface area contributed by atoms with Crippen LogP contribution in [0.1, 0.15) is 32.0 Å². The van der Waals surface area contributed by atoms with Crippen molar-refractivity contribution in [3.8, 4) is 11.6 Å². The third-order valence-corrected chi connectivity index (χ3v) is 6.58. The van der Waals surface area contributed by atoms with Gasteiger partial charge in [-0.15, -0.1) is 0 Å². The maximum Gasteiger partial charge on any atom is 0.433 e. The fourth-order valence-electron chi connectivity index (χ4n) is 3.95. The van der Waals surface area contributed by atoms with E-state index in [9.17, 15) is 18.0 Å². The van der Waals surface area contributed by atoms with Crippen molar-refractivity contribution >= 4 is 40.2 Å². The number of amides is 1. The lowest BCUT2D eigenvalue weighted by Crippen LogP contribution is -2.32. The second-order valence-corrected chi connectivity index (χ2v) is 11.3. The monoisotopic (exact) mass is 584 g/mol. The normalized spacial score (nSPS) is 11.7. The number of hydrogen-bond donors (Lipinski definition) is 2. The summed E-state index contributed by atoms with van der Waals surface area (Å²) in [7, 11) is 4.00. The number of benzene rings is 3. The molecule has 0 saturated carbocycles. The van der Waals surface area contributed by atoms with E-state index in [4.69, 9.17) is 9.47 Å². The van der Waals surface area contributed by atoms with Gasteiger partial charge in [-0.2, -0.15) is 13.2 Å². The van der Waals surface area contributed by atoms with Gasteiger partial charge in [-0.25, -0.2) is 9.78 Å². The fraction of sp³-hybridized carbons (Fsp3) is 0.267. The first kappa shape index (κ1) is 29.9. The zero-order chi connectivity index (χ0) is 29.8. The molecule has 0 atom stereocenters. The predicted molar refractivity (Wildman–Crippen MR) is 157 cm³/mol. The van der Waals surface area contributed by atoms with Crippen LogP contribution in [0.5, 0.6) is 11.6 Å². The van der Waals surface area contributed by atoms with Gasteiger partial charge in [-0.3, -0.25) is 0 Å². The molecule has 0 aliphatic heterocycles. The molecule has 3 aromatic carbocycles. The number of carbonyl (C=O) groups excluding carboxylic acids is 1. The highest BCUT2D eigenvalue weighted by Gasteiger charge is 2.33. The molecule has 11 heteroatoms. The number of fused-ring (bicyclic) bond motifs is 1. The summed E-state index contributed by atoms with van der Waals surface area (Å²) in [5.74, 6) is 0.0391. The minimum absolute atomic E-state index is 0.158. The van der Waals surface area contributed by atoms with Gasteiger partial charge in [0.1, 0.15) is 17.0 Å². The number of aromatic nitrogens is 1. The molecule has 0 aliphatic carbocycles. The van der Waals surface area contributed by atoms with Gasteiger partial charge < -0.3 is 24.4 Å². The summed E-state index contributed by atoms with van der Waals surface area (Å²) in [6, 6.07) is 21.3. The van der Waals surface area contributed by atoms with E-state index in [0.29, 0.717) is 11.4 Å². The summed E-state index contributed by atoms with van der Waals surface area (Å²) >= 11 is 1.42. The number of rotatable bonds is 8. The molecule has 7 nitrogen and oxygen atoms in total. The molecule has 1 heterocycles. The van der Waals surface area contributed by atoms with Crippen LogP contribution < -0.4 is 19.7 Å². The summed E-state index contributed by atoms with van der Waals surface area (Å²) in [6.07, 6.45) is -5.45. The Labute approximate surface area is 241 Å². The van der Waals surface area contributed by atoms with E-state index in [1.165, 1.54) is 18.0 Å². The quantitative estimate of drug-likeness (QED) is 0.202. The molecule has 1 aromatic heterocycles. The predicted octanol–water partition coefficient (Wildman–Crippen LogP) is 8.26. The molecule has 0 saturated heterocycles. The van der Waals surface area contributed by atoms with Gasteiger partial charge in [0.05, 0.1) is 0 Å². The average molecular weight is 585 g/mol. The van der Waals surface area contributed by atoms with Crippen molar-refractivity contribution in [2.75, 3.05) is 23.7 Å². The maximum absolute atomic E-state index is 13.6. The van der Waals surface area contributed by atoms with Crippen molar-refractivity contribution < 1.29 is 27.4 Å². The largest absolute Gasteiger partial charge is 0.444 e. The zero-order valence-electron chi connectivity index (χ0n) is 23.3. The molecular weight excluding hydrogens is 553 g/mol. The first-order valence-electron chi connectivity index (χ1n) is 12.7. The fourth-order valence-corrected chi connectivity index (χ4v) is 4.74. The second-order valence-electron chi connectivity index (χ2n) is 10.4. The highest BCUT2D eigenvalue weighted by molar-refractivity contribution is 8.00. The van der Waals surface area contributed by atoms with E-state index in [1.54, 1.807) is 39.0 Å². The van der Waals surface area contributed by atoms with Crippen LogP contribution in [0, 0.1) is 0 Å². The topological polar surface area (TPSA) is 75.7 Å². The Morgan fingerprint density at radius 2 is 1.66 bits per heavy atom. The maximum atomic E-state index is 13.6. The van der Waals surface area contributed by atoms with Crippen molar-refractivity contribution in [3.63, 3.8) is 0 Å². The van der Waals surface area contributed by atoms with Crippen LogP contribution in [0.15, 0.2) is 77.7 Å². The van der Waals surface area contributed by atoms with Gasteiger partial charge in [0.15, 0.2) is 0 Å². The van der Waals surface area contributed by atoms with Crippen molar-refractivity contribution in [2.45, 2.75) is 44.0 Å². The van der Waals surface area contributed by atoms with Gasteiger partial charge in [-0.1, -0.05) is 30.3 Å². The Balaban J connectivity index is 1.51. The van der Waals surface area contributed by atoms with E-state index in [-0.39, 0.29) is 18.0 Å².